The molecule has 0 spiro atoms. The zero-order valence-corrected chi connectivity index (χ0v) is 13.3. The lowest BCUT2D eigenvalue weighted by atomic mass is 10.2. The molecule has 0 atom stereocenters. The van der Waals surface area contributed by atoms with Crippen LogP contribution in [0.1, 0.15) is 17.3 Å². The molecule has 0 saturated carbocycles. The second kappa shape index (κ2) is 6.81. The van der Waals surface area contributed by atoms with E-state index in [0.29, 0.717) is 17.9 Å². The third-order valence-corrected chi connectivity index (χ3v) is 4.60. The maximum atomic E-state index is 11.8. The standard InChI is InChI=1S/C15H14BrNO2S/c1-2-19-15(18)11-9-10(7-8-13(11)17)20-14-6-4-3-5-12(14)16/h3-9H,2,17H2,1H3. The van der Waals surface area contributed by atoms with Crippen LogP contribution in [-0.4, -0.2) is 12.6 Å². The predicted molar refractivity (Wildman–Crippen MR) is 85.1 cm³/mol. The Morgan fingerprint density at radius 3 is 2.75 bits per heavy atom. The molecule has 0 aliphatic carbocycles. The Morgan fingerprint density at radius 2 is 2.05 bits per heavy atom. The summed E-state index contributed by atoms with van der Waals surface area (Å²) in [6.07, 6.45) is 0. The molecule has 0 amide bonds. The lowest BCUT2D eigenvalue weighted by Gasteiger charge is -2.08. The first-order valence-corrected chi connectivity index (χ1v) is 7.71. The van der Waals surface area contributed by atoms with Crippen molar-refractivity contribution in [2.24, 2.45) is 0 Å². The normalized spacial score (nSPS) is 10.3. The average molecular weight is 352 g/mol. The van der Waals surface area contributed by atoms with Gasteiger partial charge in [0.1, 0.15) is 0 Å². The van der Waals surface area contributed by atoms with Gasteiger partial charge in [-0.05, 0) is 53.2 Å². The SMILES string of the molecule is CCOC(=O)c1cc(Sc2ccccc2Br)ccc1N. The summed E-state index contributed by atoms with van der Waals surface area (Å²) in [5, 5.41) is 0. The Hall–Kier alpha value is -1.46. The van der Waals surface area contributed by atoms with Crippen molar-refractivity contribution in [3.05, 3.63) is 52.5 Å². The first-order valence-electron chi connectivity index (χ1n) is 6.11. The van der Waals surface area contributed by atoms with Crippen LogP contribution in [-0.2, 0) is 4.74 Å². The number of rotatable bonds is 4. The molecule has 0 heterocycles. The van der Waals surface area contributed by atoms with E-state index in [-0.39, 0.29) is 5.97 Å². The highest BCUT2D eigenvalue weighted by atomic mass is 79.9. The van der Waals surface area contributed by atoms with Crippen molar-refractivity contribution in [1.29, 1.82) is 0 Å². The number of ether oxygens (including phenoxy) is 1. The van der Waals surface area contributed by atoms with Crippen LogP contribution in [0.5, 0.6) is 0 Å². The number of halogens is 1. The van der Waals surface area contributed by atoms with Crippen LogP contribution >= 0.6 is 27.7 Å². The van der Waals surface area contributed by atoms with Gasteiger partial charge in [-0.25, -0.2) is 4.79 Å². The van der Waals surface area contributed by atoms with E-state index >= 15 is 0 Å². The number of benzene rings is 2. The molecule has 2 rings (SSSR count). The van der Waals surface area contributed by atoms with E-state index < -0.39 is 0 Å². The zero-order valence-electron chi connectivity index (χ0n) is 10.9. The molecule has 3 nitrogen and oxygen atoms in total. The Kier molecular flexibility index (Phi) is 5.09. The summed E-state index contributed by atoms with van der Waals surface area (Å²) in [4.78, 5) is 13.8. The molecule has 2 N–H and O–H groups in total. The third-order valence-electron chi connectivity index (χ3n) is 2.58. The van der Waals surface area contributed by atoms with E-state index in [9.17, 15) is 4.79 Å². The summed E-state index contributed by atoms with van der Waals surface area (Å²) in [6.45, 7) is 2.10. The number of carbonyl (C=O) groups is 1. The van der Waals surface area contributed by atoms with Crippen LogP contribution in [0.25, 0.3) is 0 Å². The molecule has 0 aliphatic rings. The van der Waals surface area contributed by atoms with Crippen molar-refractivity contribution in [2.75, 3.05) is 12.3 Å². The zero-order chi connectivity index (χ0) is 14.5. The van der Waals surface area contributed by atoms with E-state index in [2.05, 4.69) is 15.9 Å². The molecule has 104 valence electrons. The van der Waals surface area contributed by atoms with Crippen LogP contribution in [0.4, 0.5) is 5.69 Å². The van der Waals surface area contributed by atoms with E-state index in [1.54, 1.807) is 30.8 Å². The van der Waals surface area contributed by atoms with Gasteiger partial charge < -0.3 is 10.5 Å². The van der Waals surface area contributed by atoms with Crippen LogP contribution in [0.3, 0.4) is 0 Å². The summed E-state index contributed by atoms with van der Waals surface area (Å²) in [7, 11) is 0. The van der Waals surface area contributed by atoms with Gasteiger partial charge in [0.2, 0.25) is 0 Å². The minimum Gasteiger partial charge on any atom is -0.462 e. The summed E-state index contributed by atoms with van der Waals surface area (Å²) >= 11 is 5.07. The first-order chi connectivity index (χ1) is 9.61. The molecule has 0 aliphatic heterocycles. The second-order valence-electron chi connectivity index (χ2n) is 4.00. The van der Waals surface area contributed by atoms with Crippen molar-refractivity contribution in [2.45, 2.75) is 16.7 Å². The number of nitrogen functional groups attached to an aromatic ring is 1. The molecular weight excluding hydrogens is 338 g/mol. The Morgan fingerprint density at radius 1 is 1.30 bits per heavy atom. The highest BCUT2D eigenvalue weighted by Crippen LogP contribution is 2.34. The predicted octanol–water partition coefficient (Wildman–Crippen LogP) is 4.36. The minimum absolute atomic E-state index is 0.333. The van der Waals surface area contributed by atoms with Crippen LogP contribution in [0.15, 0.2) is 56.7 Å². The topological polar surface area (TPSA) is 52.3 Å². The van der Waals surface area contributed by atoms with Crippen molar-refractivity contribution in [3.63, 3.8) is 0 Å². The van der Waals surface area contributed by atoms with Crippen molar-refractivity contribution < 1.29 is 9.53 Å². The fourth-order valence-corrected chi connectivity index (χ4v) is 3.05. The Labute approximate surface area is 130 Å². The van der Waals surface area contributed by atoms with Crippen LogP contribution < -0.4 is 5.73 Å². The van der Waals surface area contributed by atoms with E-state index in [4.69, 9.17) is 10.5 Å². The number of anilines is 1. The lowest BCUT2D eigenvalue weighted by molar-refractivity contribution is 0.0527. The maximum absolute atomic E-state index is 11.8. The lowest BCUT2D eigenvalue weighted by Crippen LogP contribution is -2.07. The van der Waals surface area contributed by atoms with Gasteiger partial charge in [0, 0.05) is 20.0 Å². The first kappa shape index (κ1) is 14.9. The maximum Gasteiger partial charge on any atom is 0.340 e. The van der Waals surface area contributed by atoms with Crippen molar-refractivity contribution >= 4 is 39.3 Å². The number of carbonyl (C=O) groups excluding carboxylic acids is 1. The van der Waals surface area contributed by atoms with Gasteiger partial charge >= 0.3 is 5.97 Å². The monoisotopic (exact) mass is 351 g/mol. The highest BCUT2D eigenvalue weighted by Gasteiger charge is 2.12. The quantitative estimate of drug-likeness (QED) is 0.656. The fourth-order valence-electron chi connectivity index (χ4n) is 1.64. The second-order valence-corrected chi connectivity index (χ2v) is 5.97. The largest absolute Gasteiger partial charge is 0.462 e. The number of esters is 1. The van der Waals surface area contributed by atoms with Gasteiger partial charge in [0.15, 0.2) is 0 Å². The number of hydrogen-bond donors (Lipinski definition) is 1. The Bertz CT molecular complexity index is 631. The highest BCUT2D eigenvalue weighted by molar-refractivity contribution is 9.10. The summed E-state index contributed by atoms with van der Waals surface area (Å²) in [6, 6.07) is 13.3. The molecule has 2 aromatic carbocycles. The fraction of sp³-hybridized carbons (Fsp3) is 0.133. The number of hydrogen-bond acceptors (Lipinski definition) is 4. The Balaban J connectivity index is 2.28. The molecule has 2 aromatic rings. The molecule has 0 radical (unpaired) electrons. The van der Waals surface area contributed by atoms with Gasteiger partial charge in [-0.2, -0.15) is 0 Å². The van der Waals surface area contributed by atoms with Gasteiger partial charge in [0.25, 0.3) is 0 Å². The van der Waals surface area contributed by atoms with Crippen molar-refractivity contribution in [3.8, 4) is 0 Å². The molecule has 0 bridgehead atoms. The molecule has 0 fully saturated rings. The van der Waals surface area contributed by atoms with E-state index in [0.717, 1.165) is 14.3 Å². The molecule has 5 heteroatoms. The number of nitrogens with two attached hydrogens (primary N) is 1. The van der Waals surface area contributed by atoms with E-state index in [1.165, 1.54) is 0 Å². The van der Waals surface area contributed by atoms with Gasteiger partial charge in [-0.1, -0.05) is 23.9 Å². The minimum atomic E-state index is -0.389. The molecular formula is C15H14BrNO2S. The molecule has 0 unspecified atom stereocenters. The van der Waals surface area contributed by atoms with Crippen molar-refractivity contribution in [1.82, 2.24) is 0 Å². The van der Waals surface area contributed by atoms with E-state index in [1.807, 2.05) is 30.3 Å². The molecule has 20 heavy (non-hydrogen) atoms. The third kappa shape index (κ3) is 3.55. The summed E-state index contributed by atoms with van der Waals surface area (Å²) < 4.78 is 6.01. The van der Waals surface area contributed by atoms with Gasteiger partial charge in [-0.15, -0.1) is 0 Å². The van der Waals surface area contributed by atoms with Crippen LogP contribution in [0.2, 0.25) is 0 Å². The molecule has 0 saturated heterocycles. The average Bonchev–Trinajstić information content (AvgIpc) is 2.43. The molecule has 0 aromatic heterocycles. The van der Waals surface area contributed by atoms with Crippen LogP contribution in [0, 0.1) is 0 Å². The van der Waals surface area contributed by atoms with Gasteiger partial charge in [-0.3, -0.25) is 0 Å². The summed E-state index contributed by atoms with van der Waals surface area (Å²) in [5.41, 5.74) is 6.66. The van der Waals surface area contributed by atoms with Gasteiger partial charge in [0.05, 0.1) is 12.2 Å². The smallest absolute Gasteiger partial charge is 0.340 e. The summed E-state index contributed by atoms with van der Waals surface area (Å²) in [5.74, 6) is -0.389.